The first-order chi connectivity index (χ1) is 8.11. The predicted molar refractivity (Wildman–Crippen MR) is 74.7 cm³/mol. The molecule has 1 aromatic rings. The third kappa shape index (κ3) is 2.89. The van der Waals surface area contributed by atoms with Crippen LogP contribution in [0, 0.1) is 12.8 Å². The summed E-state index contributed by atoms with van der Waals surface area (Å²) in [5.41, 5.74) is 1.23. The summed E-state index contributed by atoms with van der Waals surface area (Å²) in [7, 11) is 0. The molecular weight excluding hydrogens is 228 g/mol. The highest BCUT2D eigenvalue weighted by atomic mass is 32.1. The zero-order chi connectivity index (χ0) is 12.4. The van der Waals surface area contributed by atoms with Crippen molar-refractivity contribution in [3.05, 3.63) is 15.6 Å². The topological polar surface area (TPSA) is 24.9 Å². The summed E-state index contributed by atoms with van der Waals surface area (Å²) in [6, 6.07) is 0.449. The Bertz CT molecular complexity index is 372. The van der Waals surface area contributed by atoms with Crippen molar-refractivity contribution < 1.29 is 0 Å². The van der Waals surface area contributed by atoms with Crippen LogP contribution in [0.15, 0.2) is 0 Å². The Hall–Kier alpha value is -0.410. The van der Waals surface area contributed by atoms with Crippen molar-refractivity contribution >= 4 is 11.3 Å². The SMILES string of the molecule is CCNC(C)c1sc(C2CCC(C)C2)nc1C. The van der Waals surface area contributed by atoms with E-state index in [0.717, 1.165) is 18.4 Å². The van der Waals surface area contributed by atoms with Gasteiger partial charge in [0.1, 0.15) is 0 Å². The third-order valence-electron chi connectivity index (χ3n) is 3.80. The summed E-state index contributed by atoms with van der Waals surface area (Å²) in [4.78, 5) is 6.24. The highest BCUT2D eigenvalue weighted by molar-refractivity contribution is 7.11. The summed E-state index contributed by atoms with van der Waals surface area (Å²) in [5.74, 6) is 1.62. The maximum absolute atomic E-state index is 4.81. The average molecular weight is 252 g/mol. The van der Waals surface area contributed by atoms with E-state index in [-0.39, 0.29) is 0 Å². The van der Waals surface area contributed by atoms with Gasteiger partial charge in [0.05, 0.1) is 10.7 Å². The molecule has 3 unspecified atom stereocenters. The maximum atomic E-state index is 4.81. The molecule has 1 heterocycles. The van der Waals surface area contributed by atoms with Crippen molar-refractivity contribution in [1.29, 1.82) is 0 Å². The lowest BCUT2D eigenvalue weighted by Crippen LogP contribution is -2.17. The molecule has 3 atom stereocenters. The molecule has 2 nitrogen and oxygen atoms in total. The summed E-state index contributed by atoms with van der Waals surface area (Å²) >= 11 is 1.93. The summed E-state index contributed by atoms with van der Waals surface area (Å²) in [5, 5.41) is 4.87. The molecule has 1 aromatic heterocycles. The van der Waals surface area contributed by atoms with Crippen LogP contribution in [0.3, 0.4) is 0 Å². The first-order valence-electron chi connectivity index (χ1n) is 6.82. The van der Waals surface area contributed by atoms with E-state index >= 15 is 0 Å². The van der Waals surface area contributed by atoms with Crippen molar-refractivity contribution in [2.24, 2.45) is 5.92 Å². The van der Waals surface area contributed by atoms with E-state index in [0.29, 0.717) is 6.04 Å². The molecule has 0 radical (unpaired) electrons. The first kappa shape index (κ1) is 13.0. The van der Waals surface area contributed by atoms with E-state index in [2.05, 4.69) is 33.0 Å². The van der Waals surface area contributed by atoms with Crippen LogP contribution in [0.2, 0.25) is 0 Å². The van der Waals surface area contributed by atoms with Crippen molar-refractivity contribution in [2.75, 3.05) is 6.54 Å². The molecule has 1 N–H and O–H groups in total. The molecule has 0 aliphatic heterocycles. The largest absolute Gasteiger partial charge is 0.310 e. The Morgan fingerprint density at radius 2 is 2.24 bits per heavy atom. The van der Waals surface area contributed by atoms with E-state index < -0.39 is 0 Å². The minimum Gasteiger partial charge on any atom is -0.310 e. The Morgan fingerprint density at radius 1 is 1.47 bits per heavy atom. The van der Waals surface area contributed by atoms with Gasteiger partial charge >= 0.3 is 0 Å². The van der Waals surface area contributed by atoms with Crippen LogP contribution in [0.4, 0.5) is 0 Å². The van der Waals surface area contributed by atoms with Gasteiger partial charge in [-0.25, -0.2) is 4.98 Å². The van der Waals surface area contributed by atoms with Gasteiger partial charge < -0.3 is 5.32 Å². The fraction of sp³-hybridized carbons (Fsp3) is 0.786. The van der Waals surface area contributed by atoms with Crippen LogP contribution in [-0.2, 0) is 0 Å². The standard InChI is InChI=1S/C14H24N2S/c1-5-15-10(3)13-11(4)16-14(17-13)12-7-6-9(2)8-12/h9-10,12,15H,5-8H2,1-4H3. The number of hydrogen-bond donors (Lipinski definition) is 1. The number of nitrogens with one attached hydrogen (secondary N) is 1. The minimum absolute atomic E-state index is 0.449. The van der Waals surface area contributed by atoms with Crippen molar-refractivity contribution in [3.8, 4) is 0 Å². The van der Waals surface area contributed by atoms with Crippen LogP contribution < -0.4 is 5.32 Å². The molecule has 17 heavy (non-hydrogen) atoms. The van der Waals surface area contributed by atoms with Crippen molar-refractivity contribution in [3.63, 3.8) is 0 Å². The van der Waals surface area contributed by atoms with E-state index in [4.69, 9.17) is 4.98 Å². The Balaban J connectivity index is 2.12. The lowest BCUT2D eigenvalue weighted by atomic mass is 10.1. The van der Waals surface area contributed by atoms with E-state index in [9.17, 15) is 0 Å². The van der Waals surface area contributed by atoms with Crippen LogP contribution in [0.25, 0.3) is 0 Å². The normalized spacial score (nSPS) is 26.4. The fourth-order valence-electron chi connectivity index (χ4n) is 2.84. The lowest BCUT2D eigenvalue weighted by Gasteiger charge is -2.10. The molecule has 2 rings (SSSR count). The number of rotatable bonds is 4. The monoisotopic (exact) mass is 252 g/mol. The molecule has 0 amide bonds. The molecule has 1 fully saturated rings. The zero-order valence-corrected chi connectivity index (χ0v) is 12.2. The molecule has 0 spiro atoms. The van der Waals surface area contributed by atoms with Gasteiger partial charge in [-0.15, -0.1) is 11.3 Å². The van der Waals surface area contributed by atoms with E-state index in [1.165, 1.54) is 34.8 Å². The van der Waals surface area contributed by atoms with Gasteiger partial charge in [-0.1, -0.05) is 20.3 Å². The predicted octanol–water partition coefficient (Wildman–Crippen LogP) is 4.03. The highest BCUT2D eigenvalue weighted by Crippen LogP contribution is 2.41. The molecule has 1 saturated carbocycles. The van der Waals surface area contributed by atoms with Gasteiger partial charge in [0, 0.05) is 16.8 Å². The van der Waals surface area contributed by atoms with Crippen LogP contribution in [-0.4, -0.2) is 11.5 Å². The molecule has 1 aliphatic carbocycles. The lowest BCUT2D eigenvalue weighted by molar-refractivity contribution is 0.595. The molecule has 0 saturated heterocycles. The minimum atomic E-state index is 0.449. The number of nitrogens with zero attached hydrogens (tertiary/aromatic N) is 1. The fourth-order valence-corrected chi connectivity index (χ4v) is 4.08. The Kier molecular flexibility index (Phi) is 4.21. The van der Waals surface area contributed by atoms with Gasteiger partial charge in [0.2, 0.25) is 0 Å². The summed E-state index contributed by atoms with van der Waals surface area (Å²) in [6.07, 6.45) is 4.05. The average Bonchev–Trinajstić information content (AvgIpc) is 2.85. The smallest absolute Gasteiger partial charge is 0.0962 e. The number of aryl methyl sites for hydroxylation is 1. The maximum Gasteiger partial charge on any atom is 0.0962 e. The Morgan fingerprint density at radius 3 is 2.82 bits per heavy atom. The van der Waals surface area contributed by atoms with Gasteiger partial charge in [-0.3, -0.25) is 0 Å². The second-order valence-electron chi connectivity index (χ2n) is 5.40. The van der Waals surface area contributed by atoms with Crippen LogP contribution >= 0.6 is 11.3 Å². The summed E-state index contributed by atoms with van der Waals surface area (Å²) in [6.45, 7) is 9.94. The third-order valence-corrected chi connectivity index (χ3v) is 5.30. The summed E-state index contributed by atoms with van der Waals surface area (Å²) < 4.78 is 0. The quantitative estimate of drug-likeness (QED) is 0.875. The molecule has 3 heteroatoms. The molecule has 96 valence electrons. The van der Waals surface area contributed by atoms with Gasteiger partial charge in [-0.05, 0) is 39.2 Å². The molecule has 1 aliphatic rings. The number of hydrogen-bond acceptors (Lipinski definition) is 3. The molecule has 0 aromatic carbocycles. The molecular formula is C14H24N2S. The van der Waals surface area contributed by atoms with Crippen LogP contribution in [0.1, 0.15) is 67.6 Å². The highest BCUT2D eigenvalue weighted by Gasteiger charge is 2.26. The van der Waals surface area contributed by atoms with E-state index in [1.807, 2.05) is 11.3 Å². The molecule has 0 bridgehead atoms. The first-order valence-corrected chi connectivity index (χ1v) is 7.64. The zero-order valence-electron chi connectivity index (χ0n) is 11.4. The number of aromatic nitrogens is 1. The van der Waals surface area contributed by atoms with Crippen molar-refractivity contribution in [2.45, 2.75) is 58.9 Å². The second-order valence-corrected chi connectivity index (χ2v) is 6.46. The van der Waals surface area contributed by atoms with Gasteiger partial charge in [-0.2, -0.15) is 0 Å². The van der Waals surface area contributed by atoms with Gasteiger partial charge in [0.25, 0.3) is 0 Å². The van der Waals surface area contributed by atoms with Crippen LogP contribution in [0.5, 0.6) is 0 Å². The van der Waals surface area contributed by atoms with E-state index in [1.54, 1.807) is 0 Å². The Labute approximate surface area is 109 Å². The van der Waals surface area contributed by atoms with Gasteiger partial charge in [0.15, 0.2) is 0 Å². The number of thiazole rings is 1. The second kappa shape index (κ2) is 5.49. The van der Waals surface area contributed by atoms with Crippen molar-refractivity contribution in [1.82, 2.24) is 10.3 Å².